The van der Waals surface area contributed by atoms with Crippen LogP contribution in [0.25, 0.3) is 0 Å². The summed E-state index contributed by atoms with van der Waals surface area (Å²) >= 11 is 5.76. The molecule has 7 heteroatoms. The van der Waals surface area contributed by atoms with Crippen LogP contribution in [0.2, 0.25) is 5.15 Å². The third-order valence-electron chi connectivity index (χ3n) is 3.28. The minimum atomic E-state index is -1.01. The standard InChI is InChI=1S/C17H18ClN3O3/c1-11-14(7-8-15(18)20-11)21-17(23)13(19)9-16(22)24-10-12-5-3-2-4-6-12/h2-8,13H,9-10,19H2,1H3,(H,21,23)/t13-/m0/s1. The Kier molecular flexibility index (Phi) is 6.28. The average molecular weight is 348 g/mol. The van der Waals surface area contributed by atoms with Crippen LogP contribution >= 0.6 is 11.6 Å². The summed E-state index contributed by atoms with van der Waals surface area (Å²) in [5.74, 6) is -1.02. The predicted molar refractivity (Wildman–Crippen MR) is 91.4 cm³/mol. The summed E-state index contributed by atoms with van der Waals surface area (Å²) in [6.45, 7) is 1.86. The Morgan fingerprint density at radius 1 is 1.25 bits per heavy atom. The van der Waals surface area contributed by atoms with E-state index in [2.05, 4.69) is 10.3 Å². The molecule has 126 valence electrons. The number of rotatable bonds is 6. The number of benzene rings is 1. The lowest BCUT2D eigenvalue weighted by Crippen LogP contribution is -2.38. The van der Waals surface area contributed by atoms with Gasteiger partial charge < -0.3 is 15.8 Å². The van der Waals surface area contributed by atoms with Crippen molar-refractivity contribution in [2.45, 2.75) is 26.0 Å². The van der Waals surface area contributed by atoms with E-state index in [1.165, 1.54) is 0 Å². The number of hydrogen-bond acceptors (Lipinski definition) is 5. The molecule has 0 radical (unpaired) electrons. The van der Waals surface area contributed by atoms with Crippen molar-refractivity contribution in [3.63, 3.8) is 0 Å². The second-order valence-electron chi connectivity index (χ2n) is 5.21. The molecule has 2 aromatic rings. The fourth-order valence-corrected chi connectivity index (χ4v) is 2.15. The predicted octanol–water partition coefficient (Wildman–Crippen LogP) is 2.44. The van der Waals surface area contributed by atoms with E-state index in [9.17, 15) is 9.59 Å². The first-order chi connectivity index (χ1) is 11.5. The highest BCUT2D eigenvalue weighted by Crippen LogP contribution is 2.16. The van der Waals surface area contributed by atoms with Crippen LogP contribution in [0, 0.1) is 6.92 Å². The van der Waals surface area contributed by atoms with Gasteiger partial charge in [-0.3, -0.25) is 9.59 Å². The monoisotopic (exact) mass is 347 g/mol. The first kappa shape index (κ1) is 17.9. The van der Waals surface area contributed by atoms with Gasteiger partial charge in [-0.25, -0.2) is 4.98 Å². The Morgan fingerprint density at radius 3 is 2.62 bits per heavy atom. The topological polar surface area (TPSA) is 94.3 Å². The zero-order chi connectivity index (χ0) is 17.5. The van der Waals surface area contributed by atoms with Crippen LogP contribution < -0.4 is 11.1 Å². The molecule has 24 heavy (non-hydrogen) atoms. The largest absolute Gasteiger partial charge is 0.461 e. The smallest absolute Gasteiger partial charge is 0.308 e. The number of pyridine rings is 1. The first-order valence-corrected chi connectivity index (χ1v) is 7.72. The Labute approximate surface area is 145 Å². The van der Waals surface area contributed by atoms with Crippen molar-refractivity contribution < 1.29 is 14.3 Å². The number of nitrogens with zero attached hydrogens (tertiary/aromatic N) is 1. The molecule has 2 rings (SSSR count). The molecule has 0 aliphatic rings. The van der Waals surface area contributed by atoms with Crippen LogP contribution in [0.5, 0.6) is 0 Å². The lowest BCUT2D eigenvalue weighted by Gasteiger charge is -2.13. The van der Waals surface area contributed by atoms with Crippen LogP contribution in [0.3, 0.4) is 0 Å². The van der Waals surface area contributed by atoms with Crippen LogP contribution in [-0.2, 0) is 20.9 Å². The van der Waals surface area contributed by atoms with Gasteiger partial charge in [-0.1, -0.05) is 41.9 Å². The summed E-state index contributed by atoms with van der Waals surface area (Å²) in [5, 5.41) is 2.96. The number of anilines is 1. The first-order valence-electron chi connectivity index (χ1n) is 7.35. The van der Waals surface area contributed by atoms with Crippen LogP contribution in [0.15, 0.2) is 42.5 Å². The number of hydrogen-bond donors (Lipinski definition) is 2. The molecule has 0 unspecified atom stereocenters. The maximum absolute atomic E-state index is 12.1. The Hall–Kier alpha value is -2.44. The highest BCUT2D eigenvalue weighted by atomic mass is 35.5. The number of amides is 1. The highest BCUT2D eigenvalue weighted by Gasteiger charge is 2.19. The molecule has 0 spiro atoms. The summed E-state index contributed by atoms with van der Waals surface area (Å²) in [5.41, 5.74) is 7.69. The second kappa shape index (κ2) is 8.42. The minimum Gasteiger partial charge on any atom is -0.461 e. The van der Waals surface area contributed by atoms with Crippen molar-refractivity contribution in [1.82, 2.24) is 4.98 Å². The average Bonchev–Trinajstić information content (AvgIpc) is 2.56. The molecule has 1 atom stereocenters. The van der Waals surface area contributed by atoms with Gasteiger partial charge in [0.1, 0.15) is 11.8 Å². The summed E-state index contributed by atoms with van der Waals surface area (Å²) in [4.78, 5) is 27.9. The van der Waals surface area contributed by atoms with Crippen LogP contribution in [0.4, 0.5) is 5.69 Å². The fourth-order valence-electron chi connectivity index (χ4n) is 1.96. The van der Waals surface area contributed by atoms with Gasteiger partial charge in [0.05, 0.1) is 23.8 Å². The molecular formula is C17H18ClN3O3. The molecule has 6 nitrogen and oxygen atoms in total. The van der Waals surface area contributed by atoms with Gasteiger partial charge in [0.25, 0.3) is 0 Å². The van der Waals surface area contributed by atoms with Gasteiger partial charge in [0, 0.05) is 0 Å². The summed E-state index contributed by atoms with van der Waals surface area (Å²) in [6, 6.07) is 11.4. The van der Waals surface area contributed by atoms with Crippen molar-refractivity contribution in [3.8, 4) is 0 Å². The minimum absolute atomic E-state index is 0.147. The van der Waals surface area contributed by atoms with Gasteiger partial charge in [0.2, 0.25) is 5.91 Å². The van der Waals surface area contributed by atoms with Crippen LogP contribution in [-0.4, -0.2) is 22.9 Å². The second-order valence-corrected chi connectivity index (χ2v) is 5.60. The SMILES string of the molecule is Cc1nc(Cl)ccc1NC(=O)[C@@H](N)CC(=O)OCc1ccccc1. The summed E-state index contributed by atoms with van der Waals surface area (Å²) in [6.07, 6.45) is -0.210. The van der Waals surface area contributed by atoms with E-state index in [4.69, 9.17) is 22.1 Å². The van der Waals surface area contributed by atoms with E-state index < -0.39 is 17.9 Å². The van der Waals surface area contributed by atoms with Gasteiger partial charge in [-0.05, 0) is 24.6 Å². The molecule has 1 aromatic carbocycles. The molecule has 0 aliphatic heterocycles. The molecule has 1 amide bonds. The molecule has 0 aliphatic carbocycles. The van der Waals surface area contributed by atoms with E-state index >= 15 is 0 Å². The van der Waals surface area contributed by atoms with Crippen LogP contribution in [0.1, 0.15) is 17.7 Å². The number of ether oxygens (including phenoxy) is 1. The summed E-state index contributed by atoms with van der Waals surface area (Å²) in [7, 11) is 0. The number of nitrogens with two attached hydrogens (primary N) is 1. The molecule has 3 N–H and O–H groups in total. The molecule has 0 saturated heterocycles. The molecular weight excluding hydrogens is 330 g/mol. The summed E-state index contributed by atoms with van der Waals surface area (Å²) < 4.78 is 5.11. The normalized spacial score (nSPS) is 11.6. The zero-order valence-corrected chi connectivity index (χ0v) is 13.9. The van der Waals surface area contributed by atoms with Gasteiger partial charge in [-0.2, -0.15) is 0 Å². The number of aromatic nitrogens is 1. The fraction of sp³-hybridized carbons (Fsp3) is 0.235. The van der Waals surface area contributed by atoms with E-state index in [0.717, 1.165) is 5.56 Å². The van der Waals surface area contributed by atoms with E-state index in [1.807, 2.05) is 30.3 Å². The lowest BCUT2D eigenvalue weighted by molar-refractivity contribution is -0.146. The Bertz CT molecular complexity index is 722. The number of carbonyl (C=O) groups is 2. The number of nitrogens with one attached hydrogen (secondary N) is 1. The Balaban J connectivity index is 1.83. The van der Waals surface area contributed by atoms with Gasteiger partial charge in [-0.15, -0.1) is 0 Å². The van der Waals surface area contributed by atoms with Crippen molar-refractivity contribution in [2.75, 3.05) is 5.32 Å². The maximum atomic E-state index is 12.1. The maximum Gasteiger partial charge on any atom is 0.308 e. The third kappa shape index (κ3) is 5.33. The molecule has 0 saturated carbocycles. The van der Waals surface area contributed by atoms with Crippen molar-refractivity contribution in [3.05, 3.63) is 58.9 Å². The molecule has 0 fully saturated rings. The van der Waals surface area contributed by atoms with Crippen molar-refractivity contribution in [2.24, 2.45) is 5.73 Å². The molecule has 1 heterocycles. The van der Waals surface area contributed by atoms with E-state index in [0.29, 0.717) is 16.5 Å². The lowest BCUT2D eigenvalue weighted by atomic mass is 10.2. The third-order valence-corrected chi connectivity index (χ3v) is 3.49. The Morgan fingerprint density at radius 2 is 1.96 bits per heavy atom. The molecule has 0 bridgehead atoms. The zero-order valence-electron chi connectivity index (χ0n) is 13.2. The number of aryl methyl sites for hydroxylation is 1. The molecule has 1 aromatic heterocycles. The van der Waals surface area contributed by atoms with E-state index in [-0.39, 0.29) is 13.0 Å². The van der Waals surface area contributed by atoms with Crippen molar-refractivity contribution >= 4 is 29.2 Å². The van der Waals surface area contributed by atoms with Gasteiger partial charge in [0.15, 0.2) is 0 Å². The highest BCUT2D eigenvalue weighted by molar-refractivity contribution is 6.29. The van der Waals surface area contributed by atoms with E-state index in [1.54, 1.807) is 19.1 Å². The van der Waals surface area contributed by atoms with Gasteiger partial charge >= 0.3 is 5.97 Å². The number of esters is 1. The quantitative estimate of drug-likeness (QED) is 0.618. The van der Waals surface area contributed by atoms with Crippen molar-refractivity contribution in [1.29, 1.82) is 0 Å². The number of carbonyl (C=O) groups excluding carboxylic acids is 2. The number of halogens is 1.